The van der Waals surface area contributed by atoms with Gasteiger partial charge in [0.2, 0.25) is 0 Å². The van der Waals surface area contributed by atoms with Crippen molar-refractivity contribution in [2.75, 3.05) is 10.8 Å². The smallest absolute Gasteiger partial charge is 0.0686 e. The van der Waals surface area contributed by atoms with Crippen molar-refractivity contribution in [1.29, 1.82) is 0 Å². The molecule has 2 aromatic rings. The van der Waals surface area contributed by atoms with Gasteiger partial charge in [-0.15, -0.1) is 0 Å². The van der Waals surface area contributed by atoms with Crippen LogP contribution in [-0.4, -0.2) is 26.0 Å². The van der Waals surface area contributed by atoms with E-state index in [1.54, 1.807) is 32.9 Å². The van der Waals surface area contributed by atoms with Gasteiger partial charge in [0.15, 0.2) is 0 Å². The minimum absolute atomic E-state index is 0.0526. The summed E-state index contributed by atoms with van der Waals surface area (Å²) in [6.45, 7) is 2.94. The summed E-state index contributed by atoms with van der Waals surface area (Å²) < 4.78 is 25.5. The molecule has 0 saturated carbocycles. The Morgan fingerprint density at radius 3 is 2.50 bits per heavy atom. The number of fused-ring (bicyclic) bond motifs is 1. The van der Waals surface area contributed by atoms with E-state index >= 15 is 0 Å². The SMILES string of the molecule is CC(CCN)N1Cc2ccccc2N(c2ccc(Cl)cc2)S1(O)O. The highest BCUT2D eigenvalue weighted by Gasteiger charge is 2.39. The van der Waals surface area contributed by atoms with E-state index in [4.69, 9.17) is 17.3 Å². The molecule has 1 aliphatic rings. The van der Waals surface area contributed by atoms with E-state index in [-0.39, 0.29) is 6.04 Å². The predicted octanol–water partition coefficient (Wildman–Crippen LogP) is 4.61. The zero-order valence-electron chi connectivity index (χ0n) is 13.5. The molecule has 0 amide bonds. The van der Waals surface area contributed by atoms with Crippen LogP contribution in [0.2, 0.25) is 5.02 Å². The molecule has 4 N–H and O–H groups in total. The van der Waals surface area contributed by atoms with Gasteiger partial charge < -0.3 is 5.73 Å². The molecule has 24 heavy (non-hydrogen) atoms. The molecule has 1 aliphatic heterocycles. The van der Waals surface area contributed by atoms with Gasteiger partial charge >= 0.3 is 0 Å². The third kappa shape index (κ3) is 3.13. The third-order valence-electron chi connectivity index (χ3n) is 4.23. The first kappa shape index (κ1) is 17.5. The maximum absolute atomic E-state index is 11.1. The summed E-state index contributed by atoms with van der Waals surface area (Å²) in [4.78, 5) is 0. The molecule has 0 fully saturated rings. The van der Waals surface area contributed by atoms with Gasteiger partial charge in [0.05, 0.1) is 11.4 Å². The van der Waals surface area contributed by atoms with Crippen LogP contribution >= 0.6 is 22.6 Å². The molecule has 3 rings (SSSR count). The molecule has 130 valence electrons. The summed E-state index contributed by atoms with van der Waals surface area (Å²) >= 11 is 5.98. The Labute approximate surface area is 149 Å². The van der Waals surface area contributed by atoms with Crippen LogP contribution in [0.15, 0.2) is 48.5 Å². The molecule has 0 spiro atoms. The van der Waals surface area contributed by atoms with Gasteiger partial charge in [-0.3, -0.25) is 9.11 Å². The molecule has 1 unspecified atom stereocenters. The molecule has 0 aliphatic carbocycles. The molecule has 2 aromatic carbocycles. The van der Waals surface area contributed by atoms with Crippen LogP contribution in [0.4, 0.5) is 11.4 Å². The van der Waals surface area contributed by atoms with Gasteiger partial charge in [0.25, 0.3) is 0 Å². The molecule has 7 heteroatoms. The van der Waals surface area contributed by atoms with E-state index in [1.165, 1.54) is 0 Å². The average molecular weight is 368 g/mol. The Bertz CT molecular complexity index is 711. The second-order valence-electron chi connectivity index (χ2n) is 5.89. The average Bonchev–Trinajstić information content (AvgIpc) is 2.55. The fraction of sp³-hybridized carbons (Fsp3) is 0.294. The van der Waals surface area contributed by atoms with Crippen molar-refractivity contribution in [2.45, 2.75) is 25.9 Å². The Hall–Kier alpha value is -1.28. The highest BCUT2D eigenvalue weighted by Crippen LogP contribution is 2.59. The number of hydrogen-bond donors (Lipinski definition) is 3. The zero-order valence-corrected chi connectivity index (χ0v) is 15.0. The number of para-hydroxylation sites is 1. The summed E-state index contributed by atoms with van der Waals surface area (Å²) in [5, 5.41) is 0.605. The first-order valence-corrected chi connectivity index (χ1v) is 9.68. The fourth-order valence-electron chi connectivity index (χ4n) is 2.97. The predicted molar refractivity (Wildman–Crippen MR) is 102 cm³/mol. The van der Waals surface area contributed by atoms with Crippen molar-refractivity contribution in [3.8, 4) is 0 Å². The molecular formula is C17H22ClN3O2S. The van der Waals surface area contributed by atoms with Gasteiger partial charge in [-0.1, -0.05) is 29.8 Å². The van der Waals surface area contributed by atoms with Gasteiger partial charge in [0.1, 0.15) is 0 Å². The van der Waals surface area contributed by atoms with E-state index in [0.29, 0.717) is 30.2 Å². The standard InChI is InChI=1S/C17H22ClN3O2S/c1-13(10-11-19)20-12-14-4-2-3-5-17(14)21(24(20,22)23)16-8-6-15(18)7-9-16/h2-9,13,22-23H,10-12,19H2,1H3. The number of anilines is 2. The van der Waals surface area contributed by atoms with Crippen LogP contribution in [0.3, 0.4) is 0 Å². The molecule has 1 atom stereocenters. The molecular weight excluding hydrogens is 346 g/mol. The van der Waals surface area contributed by atoms with Crippen molar-refractivity contribution in [3.63, 3.8) is 0 Å². The monoisotopic (exact) mass is 367 g/mol. The van der Waals surface area contributed by atoms with Crippen molar-refractivity contribution < 1.29 is 9.11 Å². The van der Waals surface area contributed by atoms with Crippen LogP contribution in [0, 0.1) is 0 Å². The summed E-state index contributed by atoms with van der Waals surface area (Å²) in [5.41, 5.74) is 8.21. The van der Waals surface area contributed by atoms with E-state index < -0.39 is 11.0 Å². The molecule has 1 heterocycles. The number of benzene rings is 2. The Balaban J connectivity index is 2.11. The second-order valence-corrected chi connectivity index (χ2v) is 8.14. The van der Waals surface area contributed by atoms with Crippen LogP contribution in [-0.2, 0) is 6.54 Å². The minimum atomic E-state index is -3.20. The Morgan fingerprint density at radius 2 is 1.83 bits per heavy atom. The second kappa shape index (κ2) is 6.92. The van der Waals surface area contributed by atoms with E-state index in [9.17, 15) is 9.11 Å². The van der Waals surface area contributed by atoms with Crippen molar-refractivity contribution in [1.82, 2.24) is 4.31 Å². The lowest BCUT2D eigenvalue weighted by atomic mass is 10.1. The lowest BCUT2D eigenvalue weighted by Gasteiger charge is -2.55. The Morgan fingerprint density at radius 1 is 1.17 bits per heavy atom. The summed E-state index contributed by atoms with van der Waals surface area (Å²) in [5.74, 6) is 0. The van der Waals surface area contributed by atoms with E-state index in [1.807, 2.05) is 31.2 Å². The molecule has 0 saturated heterocycles. The topological polar surface area (TPSA) is 73.0 Å². The quantitative estimate of drug-likeness (QED) is 0.735. The largest absolute Gasteiger partial charge is 0.330 e. The van der Waals surface area contributed by atoms with Crippen LogP contribution in [0.25, 0.3) is 0 Å². The van der Waals surface area contributed by atoms with Gasteiger partial charge in [-0.2, -0.15) is 4.31 Å². The van der Waals surface area contributed by atoms with Gasteiger partial charge in [0, 0.05) is 17.6 Å². The lowest BCUT2D eigenvalue weighted by Crippen LogP contribution is -2.46. The van der Waals surface area contributed by atoms with Gasteiger partial charge in [-0.25, -0.2) is 4.31 Å². The summed E-state index contributed by atoms with van der Waals surface area (Å²) in [6, 6.07) is 14.8. The Kier molecular flexibility index (Phi) is 5.05. The van der Waals surface area contributed by atoms with Crippen LogP contribution in [0.1, 0.15) is 18.9 Å². The number of nitrogens with two attached hydrogens (primary N) is 1. The number of hydrogen-bond acceptors (Lipinski definition) is 5. The number of nitrogens with zero attached hydrogens (tertiary/aromatic N) is 2. The highest BCUT2D eigenvalue weighted by atomic mass is 35.5. The maximum Gasteiger partial charge on any atom is 0.0686 e. The first-order chi connectivity index (χ1) is 11.4. The number of rotatable bonds is 4. The minimum Gasteiger partial charge on any atom is -0.330 e. The fourth-order valence-corrected chi connectivity index (χ4v) is 5.06. The number of halogens is 1. The van der Waals surface area contributed by atoms with E-state index in [2.05, 4.69) is 0 Å². The summed E-state index contributed by atoms with van der Waals surface area (Å²) in [6.07, 6.45) is 0.687. The normalized spacial score (nSPS) is 19.6. The highest BCUT2D eigenvalue weighted by molar-refractivity contribution is 8.23. The van der Waals surface area contributed by atoms with E-state index in [0.717, 1.165) is 11.3 Å². The van der Waals surface area contributed by atoms with Gasteiger partial charge in [-0.05, 0) is 66.7 Å². The molecule has 0 aromatic heterocycles. The van der Waals surface area contributed by atoms with Crippen LogP contribution < -0.4 is 10.0 Å². The van der Waals surface area contributed by atoms with Crippen molar-refractivity contribution in [2.24, 2.45) is 5.73 Å². The van der Waals surface area contributed by atoms with Crippen molar-refractivity contribution >= 4 is 33.9 Å². The third-order valence-corrected chi connectivity index (χ3v) is 6.50. The lowest BCUT2D eigenvalue weighted by molar-refractivity contribution is 0.274. The maximum atomic E-state index is 11.1. The zero-order chi connectivity index (χ0) is 17.3. The molecule has 0 bridgehead atoms. The summed E-state index contributed by atoms with van der Waals surface area (Å²) in [7, 11) is -3.20. The van der Waals surface area contributed by atoms with Crippen molar-refractivity contribution in [3.05, 3.63) is 59.1 Å². The molecule has 5 nitrogen and oxygen atoms in total. The van der Waals surface area contributed by atoms with Crippen LogP contribution in [0.5, 0.6) is 0 Å². The molecule has 0 radical (unpaired) electrons. The first-order valence-electron chi connectivity index (χ1n) is 7.84.